The number of benzene rings is 1. The average molecular weight is 249 g/mol. The summed E-state index contributed by atoms with van der Waals surface area (Å²) >= 11 is 0. The predicted molar refractivity (Wildman–Crippen MR) is 76.8 cm³/mol. The van der Waals surface area contributed by atoms with E-state index < -0.39 is 0 Å². The predicted octanol–water partition coefficient (Wildman–Crippen LogP) is 2.62. The molecule has 0 radical (unpaired) electrons. The fourth-order valence-electron chi connectivity index (χ4n) is 1.58. The first kappa shape index (κ1) is 14.4. The number of hydrogen-bond donors (Lipinski definition) is 3. The molecular formula is C14H23N3O. The van der Waals surface area contributed by atoms with E-state index in [0.29, 0.717) is 17.3 Å². The van der Waals surface area contributed by atoms with Crippen molar-refractivity contribution in [2.75, 3.05) is 11.1 Å². The Balaban J connectivity index is 2.99. The van der Waals surface area contributed by atoms with Crippen LogP contribution in [0.15, 0.2) is 18.2 Å². The van der Waals surface area contributed by atoms with Crippen molar-refractivity contribution in [2.45, 2.75) is 46.2 Å². The molecule has 0 aromatic heterocycles. The van der Waals surface area contributed by atoms with Crippen LogP contribution in [0.4, 0.5) is 11.4 Å². The molecule has 1 atom stereocenters. The van der Waals surface area contributed by atoms with E-state index in [4.69, 9.17) is 5.73 Å². The fourth-order valence-corrected chi connectivity index (χ4v) is 1.58. The van der Waals surface area contributed by atoms with Crippen LogP contribution in [0.25, 0.3) is 0 Å². The molecule has 0 aliphatic carbocycles. The molecule has 0 heterocycles. The lowest BCUT2D eigenvalue weighted by Crippen LogP contribution is -2.31. The number of nitrogens with two attached hydrogens (primary N) is 1. The summed E-state index contributed by atoms with van der Waals surface area (Å²) in [5.41, 5.74) is 7.78. The Morgan fingerprint density at radius 2 is 2.00 bits per heavy atom. The number of anilines is 2. The number of carbonyl (C=O) groups excluding carboxylic acids is 1. The van der Waals surface area contributed by atoms with Crippen LogP contribution in [0.3, 0.4) is 0 Å². The second kappa shape index (κ2) is 6.28. The number of rotatable bonds is 5. The van der Waals surface area contributed by atoms with E-state index in [9.17, 15) is 4.79 Å². The molecule has 18 heavy (non-hydrogen) atoms. The van der Waals surface area contributed by atoms with E-state index in [1.807, 2.05) is 19.9 Å². The van der Waals surface area contributed by atoms with Crippen molar-refractivity contribution in [1.29, 1.82) is 0 Å². The minimum absolute atomic E-state index is 0.0943. The maximum absolute atomic E-state index is 12.1. The van der Waals surface area contributed by atoms with E-state index in [0.717, 1.165) is 12.1 Å². The topological polar surface area (TPSA) is 67.1 Å². The highest BCUT2D eigenvalue weighted by Crippen LogP contribution is 2.20. The van der Waals surface area contributed by atoms with Crippen molar-refractivity contribution in [3.63, 3.8) is 0 Å². The van der Waals surface area contributed by atoms with Crippen LogP contribution < -0.4 is 16.4 Å². The van der Waals surface area contributed by atoms with Gasteiger partial charge >= 0.3 is 0 Å². The first-order valence-corrected chi connectivity index (χ1v) is 6.41. The Morgan fingerprint density at radius 1 is 1.33 bits per heavy atom. The van der Waals surface area contributed by atoms with Gasteiger partial charge in [-0.25, -0.2) is 0 Å². The van der Waals surface area contributed by atoms with E-state index >= 15 is 0 Å². The van der Waals surface area contributed by atoms with Gasteiger partial charge in [-0.05, 0) is 45.4 Å². The highest BCUT2D eigenvalue weighted by molar-refractivity contribution is 6.00. The Bertz CT molecular complexity index is 416. The number of amides is 1. The van der Waals surface area contributed by atoms with Gasteiger partial charge in [-0.3, -0.25) is 4.79 Å². The van der Waals surface area contributed by atoms with Crippen LogP contribution >= 0.6 is 0 Å². The zero-order valence-electron chi connectivity index (χ0n) is 11.6. The molecular weight excluding hydrogens is 226 g/mol. The van der Waals surface area contributed by atoms with E-state index in [-0.39, 0.29) is 11.9 Å². The largest absolute Gasteiger partial charge is 0.399 e. The molecule has 100 valence electrons. The molecule has 0 fully saturated rings. The molecule has 0 saturated heterocycles. The molecule has 1 amide bonds. The summed E-state index contributed by atoms with van der Waals surface area (Å²) in [5.74, 6) is -0.0943. The highest BCUT2D eigenvalue weighted by Gasteiger charge is 2.13. The highest BCUT2D eigenvalue weighted by atomic mass is 16.1. The minimum atomic E-state index is -0.0943. The summed E-state index contributed by atoms with van der Waals surface area (Å²) in [6.45, 7) is 8.06. The van der Waals surface area contributed by atoms with E-state index in [1.54, 1.807) is 12.1 Å². The molecule has 4 heteroatoms. The number of nitrogen functional groups attached to an aromatic ring is 1. The lowest BCUT2D eigenvalue weighted by Gasteiger charge is -2.18. The molecule has 0 aliphatic rings. The number of carbonyl (C=O) groups is 1. The third-order valence-corrected chi connectivity index (χ3v) is 2.72. The second-order valence-electron chi connectivity index (χ2n) is 4.89. The van der Waals surface area contributed by atoms with Gasteiger partial charge in [0.25, 0.3) is 5.91 Å². The lowest BCUT2D eigenvalue weighted by molar-refractivity contribution is 0.0944. The molecule has 4 N–H and O–H groups in total. The monoisotopic (exact) mass is 249 g/mol. The van der Waals surface area contributed by atoms with Gasteiger partial charge in [0.05, 0.1) is 5.56 Å². The van der Waals surface area contributed by atoms with Crippen molar-refractivity contribution < 1.29 is 4.79 Å². The molecule has 4 nitrogen and oxygen atoms in total. The Kier molecular flexibility index (Phi) is 5.01. The summed E-state index contributed by atoms with van der Waals surface area (Å²) in [5, 5.41) is 6.21. The van der Waals surface area contributed by atoms with Gasteiger partial charge in [-0.2, -0.15) is 0 Å². The van der Waals surface area contributed by atoms with Gasteiger partial charge in [0.15, 0.2) is 0 Å². The van der Waals surface area contributed by atoms with Crippen molar-refractivity contribution in [3.8, 4) is 0 Å². The van der Waals surface area contributed by atoms with E-state index in [1.165, 1.54) is 0 Å². The molecule has 1 aromatic rings. The standard InChI is InChI=1S/C14H23N3O/c1-5-10(4)17-13-7-6-11(15)8-12(13)14(18)16-9(2)3/h6-10,17H,5,15H2,1-4H3,(H,16,18)/t10-/m1/s1. The van der Waals surface area contributed by atoms with Crippen LogP contribution in [-0.2, 0) is 0 Å². The quantitative estimate of drug-likeness (QED) is 0.703. The zero-order valence-corrected chi connectivity index (χ0v) is 11.6. The molecule has 0 aliphatic heterocycles. The van der Waals surface area contributed by atoms with Gasteiger partial charge in [-0.15, -0.1) is 0 Å². The summed E-state index contributed by atoms with van der Waals surface area (Å²) < 4.78 is 0. The van der Waals surface area contributed by atoms with Crippen LogP contribution in [0.2, 0.25) is 0 Å². The Hall–Kier alpha value is -1.71. The molecule has 0 spiro atoms. The normalized spacial score (nSPS) is 12.3. The SMILES string of the molecule is CC[C@@H](C)Nc1ccc(N)cc1C(=O)NC(C)C. The first-order valence-electron chi connectivity index (χ1n) is 6.41. The van der Waals surface area contributed by atoms with Gasteiger partial charge in [0.1, 0.15) is 0 Å². The summed E-state index contributed by atoms with van der Waals surface area (Å²) in [6.07, 6.45) is 0.996. The maximum Gasteiger partial charge on any atom is 0.253 e. The van der Waals surface area contributed by atoms with Gasteiger partial charge < -0.3 is 16.4 Å². The van der Waals surface area contributed by atoms with Crippen LogP contribution in [0, 0.1) is 0 Å². The van der Waals surface area contributed by atoms with Crippen molar-refractivity contribution >= 4 is 17.3 Å². The van der Waals surface area contributed by atoms with Crippen molar-refractivity contribution in [1.82, 2.24) is 5.32 Å². The third-order valence-electron chi connectivity index (χ3n) is 2.72. The Morgan fingerprint density at radius 3 is 2.56 bits per heavy atom. The molecule has 0 unspecified atom stereocenters. The second-order valence-corrected chi connectivity index (χ2v) is 4.89. The Labute approximate surface area is 109 Å². The number of nitrogens with one attached hydrogen (secondary N) is 2. The molecule has 0 saturated carbocycles. The van der Waals surface area contributed by atoms with E-state index in [2.05, 4.69) is 24.5 Å². The van der Waals surface area contributed by atoms with Crippen LogP contribution in [0.1, 0.15) is 44.5 Å². The summed E-state index contributed by atoms with van der Waals surface area (Å²) in [6, 6.07) is 5.80. The first-order chi connectivity index (χ1) is 8.43. The van der Waals surface area contributed by atoms with Crippen molar-refractivity contribution in [2.24, 2.45) is 0 Å². The van der Waals surface area contributed by atoms with Gasteiger partial charge in [-0.1, -0.05) is 6.92 Å². The lowest BCUT2D eigenvalue weighted by atomic mass is 10.1. The van der Waals surface area contributed by atoms with Gasteiger partial charge in [0, 0.05) is 23.5 Å². The van der Waals surface area contributed by atoms with Crippen molar-refractivity contribution in [3.05, 3.63) is 23.8 Å². The number of hydrogen-bond acceptors (Lipinski definition) is 3. The fraction of sp³-hybridized carbons (Fsp3) is 0.500. The third kappa shape index (κ3) is 3.95. The van der Waals surface area contributed by atoms with Gasteiger partial charge in [0.2, 0.25) is 0 Å². The smallest absolute Gasteiger partial charge is 0.253 e. The minimum Gasteiger partial charge on any atom is -0.399 e. The summed E-state index contributed by atoms with van der Waals surface area (Å²) in [4.78, 5) is 12.1. The average Bonchev–Trinajstić information content (AvgIpc) is 2.30. The molecule has 0 bridgehead atoms. The maximum atomic E-state index is 12.1. The summed E-state index contributed by atoms with van der Waals surface area (Å²) in [7, 11) is 0. The zero-order chi connectivity index (χ0) is 13.7. The van der Waals surface area contributed by atoms with Crippen LogP contribution in [0.5, 0.6) is 0 Å². The van der Waals surface area contributed by atoms with Crippen LogP contribution in [-0.4, -0.2) is 18.0 Å². The molecule has 1 aromatic carbocycles. The molecule has 1 rings (SSSR count).